The van der Waals surface area contributed by atoms with Crippen LogP contribution >= 0.6 is 0 Å². The molecule has 240 valence electrons. The Hall–Kier alpha value is -2.04. The summed E-state index contributed by atoms with van der Waals surface area (Å²) in [6.45, 7) is 34.1. The van der Waals surface area contributed by atoms with Crippen molar-refractivity contribution in [1.29, 1.82) is 0 Å². The van der Waals surface area contributed by atoms with E-state index in [1.807, 2.05) is 51.1 Å². The molecule has 0 aliphatic heterocycles. The summed E-state index contributed by atoms with van der Waals surface area (Å²) in [6.07, 6.45) is 3.45. The third kappa shape index (κ3) is 10.6. The van der Waals surface area contributed by atoms with Crippen LogP contribution in [0.3, 0.4) is 0 Å². The summed E-state index contributed by atoms with van der Waals surface area (Å²) in [5.41, 5.74) is 4.20. The minimum absolute atomic E-state index is 0.0503. The lowest BCUT2D eigenvalue weighted by atomic mass is 9.63. The number of anilines is 1. The van der Waals surface area contributed by atoms with Gasteiger partial charge in [-0.2, -0.15) is 0 Å². The van der Waals surface area contributed by atoms with Crippen molar-refractivity contribution in [3.8, 4) is 5.75 Å². The molecule has 0 heterocycles. The van der Waals surface area contributed by atoms with Gasteiger partial charge in [0.25, 0.3) is 0 Å². The molecule has 3 rings (SSSR count). The molecule has 0 spiro atoms. The molecule has 0 radical (unpaired) electrons. The van der Waals surface area contributed by atoms with Crippen LogP contribution < -0.4 is 5.06 Å². The van der Waals surface area contributed by atoms with Crippen molar-refractivity contribution in [2.24, 2.45) is 10.8 Å². The standard InChI is InChI=1S/C18H30O.C10H15NO.C10H20O/c1-16(2,3)12-10-13(17(4,5)6)15(19)14(11-12)18(7,8)9;1-10(2,3)11(12)9-7-5-4-6-8-9;1-9(2)6-5-7-10(3,4)8(9)11/h10-11,19H,1-9H3;4-8,12H,1-3H3;8,11H,5-7H2,1-4H3. The van der Waals surface area contributed by atoms with Gasteiger partial charge in [-0.15, -0.1) is 0 Å². The number of aliphatic hydroxyl groups excluding tert-OH is 1. The third-order valence-electron chi connectivity index (χ3n) is 8.35. The molecule has 0 unspecified atom stereocenters. The van der Waals surface area contributed by atoms with Gasteiger partial charge in [0, 0.05) is 0 Å². The molecule has 1 saturated carbocycles. The number of benzene rings is 2. The Labute approximate surface area is 259 Å². The van der Waals surface area contributed by atoms with Crippen LogP contribution in [0.4, 0.5) is 5.69 Å². The van der Waals surface area contributed by atoms with Crippen LogP contribution in [0.1, 0.15) is 147 Å². The highest BCUT2D eigenvalue weighted by molar-refractivity contribution is 5.51. The van der Waals surface area contributed by atoms with Crippen molar-refractivity contribution in [3.63, 3.8) is 0 Å². The molecule has 0 atom stereocenters. The number of aliphatic hydroxyl groups is 1. The van der Waals surface area contributed by atoms with E-state index in [-0.39, 0.29) is 38.7 Å². The SMILES string of the molecule is CC(C)(C)N(O)c1ccccc1.CC(C)(C)c1cc(C(C)(C)C)c(O)c(C(C)(C)C)c1.CC1(C)CCCC(C)(C)C1O. The van der Waals surface area contributed by atoms with Gasteiger partial charge in [-0.25, -0.2) is 0 Å². The molecule has 2 aromatic carbocycles. The Kier molecular flexibility index (Phi) is 12.0. The number of phenols is 1. The topological polar surface area (TPSA) is 63.9 Å². The van der Waals surface area contributed by atoms with E-state index in [1.54, 1.807) is 0 Å². The van der Waals surface area contributed by atoms with Gasteiger partial charge in [0.15, 0.2) is 0 Å². The summed E-state index contributed by atoms with van der Waals surface area (Å²) in [7, 11) is 0. The first-order chi connectivity index (χ1) is 18.6. The first kappa shape index (κ1) is 38.0. The van der Waals surface area contributed by atoms with E-state index >= 15 is 0 Å². The molecule has 1 fully saturated rings. The Morgan fingerprint density at radius 3 is 1.33 bits per heavy atom. The maximum absolute atomic E-state index is 10.7. The summed E-state index contributed by atoms with van der Waals surface area (Å²) in [5.74, 6) is 0.466. The molecule has 0 aromatic heterocycles. The monoisotopic (exact) mass is 583 g/mol. The molecule has 2 aromatic rings. The van der Waals surface area contributed by atoms with Crippen LogP contribution in [0.25, 0.3) is 0 Å². The molecular weight excluding hydrogens is 518 g/mol. The quantitative estimate of drug-likeness (QED) is 0.292. The fourth-order valence-electron chi connectivity index (χ4n) is 5.50. The van der Waals surface area contributed by atoms with E-state index in [2.05, 4.69) is 102 Å². The second-order valence-corrected chi connectivity index (χ2v) is 17.7. The van der Waals surface area contributed by atoms with Gasteiger partial charge in [-0.05, 0) is 89.5 Å². The van der Waals surface area contributed by atoms with Crippen molar-refractivity contribution < 1.29 is 15.4 Å². The van der Waals surface area contributed by atoms with E-state index in [1.165, 1.54) is 17.0 Å². The number of para-hydroxylation sites is 1. The summed E-state index contributed by atoms with van der Waals surface area (Å²) >= 11 is 0. The molecule has 3 N–H and O–H groups in total. The summed E-state index contributed by atoms with van der Waals surface area (Å²) in [6, 6.07) is 13.8. The third-order valence-corrected chi connectivity index (χ3v) is 8.35. The van der Waals surface area contributed by atoms with E-state index in [0.29, 0.717) is 5.75 Å². The van der Waals surface area contributed by atoms with E-state index in [0.717, 1.165) is 29.7 Å². The lowest BCUT2D eigenvalue weighted by Gasteiger charge is -2.46. The minimum Gasteiger partial charge on any atom is -0.507 e. The van der Waals surface area contributed by atoms with Gasteiger partial charge < -0.3 is 10.2 Å². The first-order valence-corrected chi connectivity index (χ1v) is 15.7. The fourth-order valence-corrected chi connectivity index (χ4v) is 5.50. The van der Waals surface area contributed by atoms with Crippen molar-refractivity contribution in [3.05, 3.63) is 59.2 Å². The van der Waals surface area contributed by atoms with E-state index in [9.17, 15) is 15.4 Å². The predicted molar refractivity (Wildman–Crippen MR) is 182 cm³/mol. The largest absolute Gasteiger partial charge is 0.507 e. The zero-order valence-corrected chi connectivity index (χ0v) is 30.0. The smallest absolute Gasteiger partial charge is 0.123 e. The molecule has 42 heavy (non-hydrogen) atoms. The van der Waals surface area contributed by atoms with Crippen molar-refractivity contribution in [2.45, 2.75) is 158 Å². The summed E-state index contributed by atoms with van der Waals surface area (Å²) in [5, 5.41) is 31.6. The average molecular weight is 584 g/mol. The molecule has 1 aliphatic rings. The van der Waals surface area contributed by atoms with Crippen molar-refractivity contribution in [2.75, 3.05) is 5.06 Å². The van der Waals surface area contributed by atoms with Crippen LogP contribution in [0.15, 0.2) is 42.5 Å². The summed E-state index contributed by atoms with van der Waals surface area (Å²) in [4.78, 5) is 0. The van der Waals surface area contributed by atoms with Gasteiger partial charge >= 0.3 is 0 Å². The predicted octanol–water partition coefficient (Wildman–Crippen LogP) is 10.5. The number of nitrogens with zero attached hydrogens (tertiary/aromatic N) is 1. The highest BCUT2D eigenvalue weighted by atomic mass is 16.5. The lowest BCUT2D eigenvalue weighted by Crippen LogP contribution is -2.45. The average Bonchev–Trinajstić information content (AvgIpc) is 2.80. The number of hydrogen-bond donors (Lipinski definition) is 3. The van der Waals surface area contributed by atoms with Crippen LogP contribution in [-0.2, 0) is 16.2 Å². The minimum atomic E-state index is -0.249. The van der Waals surface area contributed by atoms with E-state index < -0.39 is 0 Å². The Balaban J connectivity index is 0.000000332. The van der Waals surface area contributed by atoms with Crippen LogP contribution in [0.2, 0.25) is 0 Å². The van der Waals surface area contributed by atoms with Crippen LogP contribution in [-0.4, -0.2) is 27.1 Å². The Bertz CT molecular complexity index is 1070. The first-order valence-electron chi connectivity index (χ1n) is 15.7. The van der Waals surface area contributed by atoms with Gasteiger partial charge in [-0.1, -0.05) is 127 Å². The number of phenolic OH excluding ortho intramolecular Hbond substituents is 1. The molecule has 1 aliphatic carbocycles. The zero-order chi connectivity index (χ0) is 33.1. The fraction of sp³-hybridized carbons (Fsp3) is 0.684. The van der Waals surface area contributed by atoms with E-state index in [4.69, 9.17) is 0 Å². The van der Waals surface area contributed by atoms with Crippen LogP contribution in [0.5, 0.6) is 5.75 Å². The van der Waals surface area contributed by atoms with Crippen molar-refractivity contribution in [1.82, 2.24) is 0 Å². The second-order valence-electron chi connectivity index (χ2n) is 17.7. The molecule has 4 heteroatoms. The maximum atomic E-state index is 10.7. The lowest BCUT2D eigenvalue weighted by molar-refractivity contribution is -0.0750. The van der Waals surface area contributed by atoms with Gasteiger partial charge in [0.2, 0.25) is 0 Å². The maximum Gasteiger partial charge on any atom is 0.123 e. The number of hydrogen-bond acceptors (Lipinski definition) is 4. The number of rotatable bonds is 1. The Morgan fingerprint density at radius 2 is 1.05 bits per heavy atom. The van der Waals surface area contributed by atoms with Crippen LogP contribution in [0, 0.1) is 10.8 Å². The summed E-state index contributed by atoms with van der Waals surface area (Å²) < 4.78 is 0. The normalized spacial score (nSPS) is 17.4. The van der Waals surface area contributed by atoms with Crippen molar-refractivity contribution >= 4 is 5.69 Å². The number of aromatic hydroxyl groups is 1. The molecule has 0 bridgehead atoms. The Morgan fingerprint density at radius 1 is 0.667 bits per heavy atom. The van der Waals surface area contributed by atoms with Gasteiger partial charge in [-0.3, -0.25) is 10.3 Å². The number of hydroxylamine groups is 1. The zero-order valence-electron chi connectivity index (χ0n) is 30.0. The molecular formula is C38H65NO3. The van der Waals surface area contributed by atoms with Gasteiger partial charge in [0.1, 0.15) is 5.75 Å². The highest BCUT2D eigenvalue weighted by Crippen LogP contribution is 2.46. The molecule has 0 amide bonds. The molecule has 4 nitrogen and oxygen atoms in total. The van der Waals surface area contributed by atoms with Gasteiger partial charge in [0.05, 0.1) is 17.3 Å². The highest BCUT2D eigenvalue weighted by Gasteiger charge is 2.42. The second kappa shape index (κ2) is 13.3. The molecule has 0 saturated heterocycles.